The van der Waals surface area contributed by atoms with Crippen LogP contribution in [0.1, 0.15) is 31.7 Å². The largest absolute Gasteiger partial charge is 0.403 e. The molecule has 0 aromatic heterocycles. The van der Waals surface area contributed by atoms with Gasteiger partial charge in [0.15, 0.2) is 0 Å². The molecule has 0 fully saturated rings. The minimum Gasteiger partial charge on any atom is -0.403 e. The highest BCUT2D eigenvalue weighted by molar-refractivity contribution is 8.10. The lowest BCUT2D eigenvalue weighted by molar-refractivity contribution is 0.560. The van der Waals surface area contributed by atoms with E-state index in [2.05, 4.69) is 4.13 Å². The van der Waals surface area contributed by atoms with E-state index in [4.69, 9.17) is 0 Å². The van der Waals surface area contributed by atoms with Crippen LogP contribution >= 0.6 is 0 Å². The van der Waals surface area contributed by atoms with Crippen molar-refractivity contribution in [2.75, 3.05) is 0 Å². The van der Waals surface area contributed by atoms with Crippen LogP contribution < -0.4 is 0 Å². The molecule has 0 saturated carbocycles. The molecule has 102 valence electrons. The average molecular weight is 294 g/mol. The van der Waals surface area contributed by atoms with Gasteiger partial charge in [0.1, 0.15) is 10.0 Å². The maximum Gasteiger partial charge on any atom is 0.240 e. The van der Waals surface area contributed by atoms with Crippen LogP contribution in [-0.2, 0) is 20.4 Å². The minimum atomic E-state index is -5.42. The SMILES string of the molecule is CCC(C)c1ccc(S(=O)(=O)[N-]S(=O)(=O)F)cc1. The third kappa shape index (κ3) is 4.04. The predicted octanol–water partition coefficient (Wildman–Crippen LogP) is 2.48. The van der Waals surface area contributed by atoms with E-state index in [-0.39, 0.29) is 10.8 Å². The summed E-state index contributed by atoms with van der Waals surface area (Å²) in [5, 5.41) is 0. The predicted molar refractivity (Wildman–Crippen MR) is 65.7 cm³/mol. The molecule has 8 heteroatoms. The molecule has 0 aliphatic heterocycles. The second kappa shape index (κ2) is 5.33. The molecule has 0 saturated heterocycles. The van der Waals surface area contributed by atoms with Crippen LogP contribution in [-0.4, -0.2) is 16.8 Å². The van der Waals surface area contributed by atoms with E-state index >= 15 is 0 Å². The van der Waals surface area contributed by atoms with Crippen LogP contribution in [0, 0.1) is 0 Å². The summed E-state index contributed by atoms with van der Waals surface area (Å²) < 4.78 is 57.7. The topological polar surface area (TPSA) is 82.4 Å². The van der Waals surface area contributed by atoms with Gasteiger partial charge in [0.2, 0.25) is 10.4 Å². The van der Waals surface area contributed by atoms with Gasteiger partial charge < -0.3 is 4.13 Å². The Morgan fingerprint density at radius 2 is 1.67 bits per heavy atom. The third-order valence-corrected chi connectivity index (χ3v) is 4.91. The molecule has 18 heavy (non-hydrogen) atoms. The van der Waals surface area contributed by atoms with Gasteiger partial charge in [-0.25, -0.2) is 16.8 Å². The summed E-state index contributed by atoms with van der Waals surface area (Å²) in [7, 11) is -9.93. The van der Waals surface area contributed by atoms with Gasteiger partial charge >= 0.3 is 0 Å². The van der Waals surface area contributed by atoms with Crippen LogP contribution in [0.2, 0.25) is 0 Å². The molecule has 0 radical (unpaired) electrons. The van der Waals surface area contributed by atoms with E-state index in [1.165, 1.54) is 12.1 Å². The lowest BCUT2D eigenvalue weighted by Gasteiger charge is -2.16. The summed E-state index contributed by atoms with van der Waals surface area (Å²) in [6.07, 6.45) is 0.884. The highest BCUT2D eigenvalue weighted by Gasteiger charge is 2.10. The number of rotatable bonds is 5. The molecular formula is C10H13FNO4S2-. The average Bonchev–Trinajstić information content (AvgIpc) is 2.25. The monoisotopic (exact) mass is 294 g/mol. The lowest BCUT2D eigenvalue weighted by atomic mass is 9.99. The molecule has 1 unspecified atom stereocenters. The maximum atomic E-state index is 12.3. The smallest absolute Gasteiger partial charge is 0.240 e. The summed E-state index contributed by atoms with van der Waals surface area (Å²) in [5.41, 5.74) is 0.916. The quantitative estimate of drug-likeness (QED) is 0.781. The van der Waals surface area contributed by atoms with E-state index in [1.54, 1.807) is 12.1 Å². The minimum absolute atomic E-state index is 0.253. The van der Waals surface area contributed by atoms with Gasteiger partial charge in [-0.3, -0.25) is 0 Å². The first-order valence-electron chi connectivity index (χ1n) is 5.19. The Morgan fingerprint density at radius 3 is 2.06 bits per heavy atom. The van der Waals surface area contributed by atoms with Crippen molar-refractivity contribution >= 4 is 20.4 Å². The van der Waals surface area contributed by atoms with Gasteiger partial charge in [-0.15, -0.1) is 3.89 Å². The zero-order valence-corrected chi connectivity index (χ0v) is 11.5. The number of hydrogen-bond donors (Lipinski definition) is 0. The molecule has 0 heterocycles. The van der Waals surface area contributed by atoms with Gasteiger partial charge in [-0.05, 0) is 30.0 Å². The molecule has 0 aliphatic carbocycles. The van der Waals surface area contributed by atoms with Crippen molar-refractivity contribution in [1.29, 1.82) is 0 Å². The Labute approximate surface area is 106 Å². The second-order valence-electron chi connectivity index (χ2n) is 3.84. The zero-order chi connectivity index (χ0) is 14.0. The number of benzene rings is 1. The van der Waals surface area contributed by atoms with E-state index in [1.807, 2.05) is 13.8 Å². The highest BCUT2D eigenvalue weighted by atomic mass is 32.3. The lowest BCUT2D eigenvalue weighted by Crippen LogP contribution is -2.04. The number of sulfonamides is 1. The molecule has 0 aliphatic rings. The Morgan fingerprint density at radius 1 is 1.17 bits per heavy atom. The number of nitrogens with zero attached hydrogens (tertiary/aromatic N) is 1. The van der Waals surface area contributed by atoms with Gasteiger partial charge in [0, 0.05) is 4.90 Å². The van der Waals surface area contributed by atoms with Crippen LogP contribution in [0.3, 0.4) is 0 Å². The fraction of sp³-hybridized carbons (Fsp3) is 0.400. The van der Waals surface area contributed by atoms with Gasteiger partial charge in [0.05, 0.1) is 0 Å². The summed E-state index contributed by atoms with van der Waals surface area (Å²) in [4.78, 5) is -0.351. The van der Waals surface area contributed by atoms with Crippen molar-refractivity contribution in [3.63, 3.8) is 0 Å². The molecule has 1 aromatic rings. The van der Waals surface area contributed by atoms with Crippen LogP contribution in [0.15, 0.2) is 29.2 Å². The van der Waals surface area contributed by atoms with E-state index in [9.17, 15) is 20.7 Å². The molecule has 0 spiro atoms. The number of hydrogen-bond acceptors (Lipinski definition) is 4. The van der Waals surface area contributed by atoms with Crippen LogP contribution in [0.4, 0.5) is 3.89 Å². The first-order chi connectivity index (χ1) is 8.15. The summed E-state index contributed by atoms with van der Waals surface area (Å²) in [5.74, 6) is 0.253. The Kier molecular flexibility index (Phi) is 4.46. The van der Waals surface area contributed by atoms with Crippen molar-refractivity contribution in [3.05, 3.63) is 34.0 Å². The highest BCUT2D eigenvalue weighted by Crippen LogP contribution is 2.24. The van der Waals surface area contributed by atoms with Crippen LogP contribution in [0.5, 0.6) is 0 Å². The van der Waals surface area contributed by atoms with Crippen LogP contribution in [0.25, 0.3) is 4.13 Å². The molecule has 0 N–H and O–H groups in total. The fourth-order valence-corrected chi connectivity index (χ4v) is 3.13. The molecular weight excluding hydrogens is 281 g/mol. The molecule has 5 nitrogen and oxygen atoms in total. The van der Waals surface area contributed by atoms with Crippen molar-refractivity contribution in [2.24, 2.45) is 0 Å². The first kappa shape index (κ1) is 15.1. The van der Waals surface area contributed by atoms with E-state index in [0.29, 0.717) is 0 Å². The third-order valence-electron chi connectivity index (χ3n) is 2.55. The molecule has 1 rings (SSSR count). The molecule has 1 aromatic carbocycles. The summed E-state index contributed by atoms with van der Waals surface area (Å²) in [6, 6.07) is 5.54. The Bertz CT molecular complexity index is 608. The molecule has 0 amide bonds. The first-order valence-corrected chi connectivity index (χ1v) is 7.97. The van der Waals surface area contributed by atoms with Crippen molar-refractivity contribution in [1.82, 2.24) is 0 Å². The van der Waals surface area contributed by atoms with Gasteiger partial charge in [0.25, 0.3) is 0 Å². The maximum absolute atomic E-state index is 12.3. The normalized spacial score (nSPS) is 14.4. The Hall–Kier alpha value is -0.990. The zero-order valence-electron chi connectivity index (χ0n) is 9.87. The van der Waals surface area contributed by atoms with E-state index < -0.39 is 20.4 Å². The second-order valence-corrected chi connectivity index (χ2v) is 6.68. The van der Waals surface area contributed by atoms with Crippen molar-refractivity contribution in [3.8, 4) is 0 Å². The van der Waals surface area contributed by atoms with Gasteiger partial charge in [-0.2, -0.15) is 0 Å². The summed E-state index contributed by atoms with van der Waals surface area (Å²) >= 11 is 0. The van der Waals surface area contributed by atoms with E-state index in [0.717, 1.165) is 12.0 Å². The van der Waals surface area contributed by atoms with Gasteiger partial charge in [-0.1, -0.05) is 26.0 Å². The van der Waals surface area contributed by atoms with Crippen molar-refractivity contribution in [2.45, 2.75) is 31.1 Å². The fourth-order valence-electron chi connectivity index (χ4n) is 1.36. The molecule has 1 atom stereocenters. The molecule has 0 bridgehead atoms. The standard InChI is InChI=1S/C10H13FNO4S2/c1-3-8(2)9-4-6-10(7-5-9)17(13,14)12-18(11,15)16/h4-8H,3H2,1-2H3/q-1. The summed E-state index contributed by atoms with van der Waals surface area (Å²) in [6.45, 7) is 3.96. The van der Waals surface area contributed by atoms with Crippen molar-refractivity contribution < 1.29 is 20.7 Å². The Balaban J connectivity index is 3.05. The number of halogens is 1.